The van der Waals surface area contributed by atoms with Crippen molar-refractivity contribution in [2.75, 3.05) is 0 Å². The Morgan fingerprint density at radius 2 is 1.67 bits per heavy atom. The standard InChI is InChI=1S/C18H27N7O8/c1-8(23-16(30)10(19)5-14(27)28)15(29)25-12(4-9-6-21-7-22-9)17(31)24-11(18(32)33)2-3-13(20)26/h6-8,10-12H,2-5,19H2,1H3,(H2,20,26)(H,21,22)(H,23,30)(H,24,31)(H,25,29)(H,27,28)(H,32,33). The molecule has 0 aliphatic heterocycles. The van der Waals surface area contributed by atoms with Gasteiger partial charge in [-0.1, -0.05) is 0 Å². The zero-order chi connectivity index (χ0) is 25.1. The summed E-state index contributed by atoms with van der Waals surface area (Å²) in [7, 11) is 0. The molecule has 0 aliphatic rings. The average molecular weight is 469 g/mol. The van der Waals surface area contributed by atoms with Crippen LogP contribution in [0.4, 0.5) is 0 Å². The molecule has 33 heavy (non-hydrogen) atoms. The number of aromatic amines is 1. The molecule has 0 saturated carbocycles. The number of primary amides is 1. The van der Waals surface area contributed by atoms with Crippen LogP contribution in [0.3, 0.4) is 0 Å². The lowest BCUT2D eigenvalue weighted by Crippen LogP contribution is -2.57. The van der Waals surface area contributed by atoms with Crippen LogP contribution in [-0.4, -0.2) is 79.9 Å². The van der Waals surface area contributed by atoms with Crippen molar-refractivity contribution in [1.29, 1.82) is 0 Å². The summed E-state index contributed by atoms with van der Waals surface area (Å²) in [6.07, 6.45) is 1.45. The van der Waals surface area contributed by atoms with E-state index in [1.54, 1.807) is 0 Å². The number of H-pyrrole nitrogens is 1. The van der Waals surface area contributed by atoms with Gasteiger partial charge < -0.3 is 42.6 Å². The third kappa shape index (κ3) is 9.77. The second-order valence-electron chi connectivity index (χ2n) is 7.18. The van der Waals surface area contributed by atoms with Gasteiger partial charge in [0.25, 0.3) is 0 Å². The van der Waals surface area contributed by atoms with Crippen LogP contribution >= 0.6 is 0 Å². The number of amides is 4. The maximum absolute atomic E-state index is 12.7. The van der Waals surface area contributed by atoms with Crippen molar-refractivity contribution >= 4 is 35.6 Å². The molecule has 4 atom stereocenters. The number of carboxylic acid groups (broad SMARTS) is 2. The molecule has 15 nitrogen and oxygen atoms in total. The number of imidazole rings is 1. The van der Waals surface area contributed by atoms with Gasteiger partial charge in [0.05, 0.1) is 18.8 Å². The summed E-state index contributed by atoms with van der Waals surface area (Å²) in [5.41, 5.74) is 10.9. The number of hydrogen-bond acceptors (Lipinski definition) is 8. The van der Waals surface area contributed by atoms with Crippen LogP contribution in [0.25, 0.3) is 0 Å². The highest BCUT2D eigenvalue weighted by Crippen LogP contribution is 2.03. The Bertz CT molecular complexity index is 873. The van der Waals surface area contributed by atoms with Gasteiger partial charge in [-0.2, -0.15) is 0 Å². The molecule has 0 fully saturated rings. The van der Waals surface area contributed by atoms with Crippen LogP contribution in [-0.2, 0) is 35.2 Å². The van der Waals surface area contributed by atoms with E-state index in [4.69, 9.17) is 16.6 Å². The minimum Gasteiger partial charge on any atom is -0.481 e. The fourth-order valence-electron chi connectivity index (χ4n) is 2.61. The lowest BCUT2D eigenvalue weighted by atomic mass is 10.1. The SMILES string of the molecule is CC(NC(=O)C(N)CC(=O)O)C(=O)NC(Cc1cnc[nH]1)C(=O)NC(CCC(N)=O)C(=O)O. The number of aliphatic carboxylic acids is 2. The van der Waals surface area contributed by atoms with E-state index in [2.05, 4.69) is 25.9 Å². The molecule has 1 heterocycles. The summed E-state index contributed by atoms with van der Waals surface area (Å²) < 4.78 is 0. The molecule has 0 spiro atoms. The van der Waals surface area contributed by atoms with Crippen LogP contribution in [0.15, 0.2) is 12.5 Å². The minimum atomic E-state index is -1.43. The topological polar surface area (TPSA) is 260 Å². The maximum atomic E-state index is 12.7. The van der Waals surface area contributed by atoms with Gasteiger partial charge in [0.2, 0.25) is 23.6 Å². The Labute approximate surface area is 187 Å². The molecule has 15 heteroatoms. The molecule has 0 bridgehead atoms. The summed E-state index contributed by atoms with van der Waals surface area (Å²) in [4.78, 5) is 76.8. The molecule has 0 saturated heterocycles. The lowest BCUT2D eigenvalue weighted by molar-refractivity contribution is -0.142. The Morgan fingerprint density at radius 1 is 1.03 bits per heavy atom. The molecule has 0 radical (unpaired) electrons. The van der Waals surface area contributed by atoms with Gasteiger partial charge >= 0.3 is 11.9 Å². The summed E-state index contributed by atoms with van der Waals surface area (Å²) >= 11 is 0. The second-order valence-corrected chi connectivity index (χ2v) is 7.18. The third-order valence-corrected chi connectivity index (χ3v) is 4.39. The van der Waals surface area contributed by atoms with Crippen molar-refractivity contribution in [3.05, 3.63) is 18.2 Å². The van der Waals surface area contributed by atoms with E-state index in [0.29, 0.717) is 5.69 Å². The van der Waals surface area contributed by atoms with Crippen molar-refractivity contribution < 1.29 is 39.0 Å². The van der Waals surface area contributed by atoms with E-state index in [-0.39, 0.29) is 19.3 Å². The summed E-state index contributed by atoms with van der Waals surface area (Å²) in [6, 6.07) is -5.29. The number of aromatic nitrogens is 2. The van der Waals surface area contributed by atoms with Crippen molar-refractivity contribution in [3.8, 4) is 0 Å². The number of carbonyl (C=O) groups is 6. The van der Waals surface area contributed by atoms with E-state index in [1.807, 2.05) is 0 Å². The number of carboxylic acids is 2. The molecular formula is C18H27N7O8. The Morgan fingerprint density at radius 3 is 2.18 bits per heavy atom. The van der Waals surface area contributed by atoms with E-state index in [0.717, 1.165) is 0 Å². The Balaban J connectivity index is 2.88. The molecule has 1 aromatic heterocycles. The molecule has 0 aromatic carbocycles. The van der Waals surface area contributed by atoms with Gasteiger partial charge in [0.15, 0.2) is 0 Å². The van der Waals surface area contributed by atoms with Gasteiger partial charge in [-0.15, -0.1) is 0 Å². The summed E-state index contributed by atoms with van der Waals surface area (Å²) in [5, 5.41) is 24.9. The van der Waals surface area contributed by atoms with E-state index >= 15 is 0 Å². The molecule has 0 aliphatic carbocycles. The second kappa shape index (κ2) is 12.7. The molecule has 10 N–H and O–H groups in total. The number of nitrogens with two attached hydrogens (primary N) is 2. The first-order valence-corrected chi connectivity index (χ1v) is 9.77. The monoisotopic (exact) mass is 469 g/mol. The number of nitrogens with zero attached hydrogens (tertiary/aromatic N) is 1. The number of nitrogens with one attached hydrogen (secondary N) is 4. The quantitative estimate of drug-likeness (QED) is 0.134. The summed E-state index contributed by atoms with van der Waals surface area (Å²) in [6.45, 7) is 1.29. The van der Waals surface area contributed by atoms with Crippen LogP contribution in [0, 0.1) is 0 Å². The fourth-order valence-corrected chi connectivity index (χ4v) is 2.61. The minimum absolute atomic E-state index is 0.0983. The molecule has 1 aromatic rings. The largest absolute Gasteiger partial charge is 0.481 e. The molecule has 182 valence electrons. The predicted molar refractivity (Wildman–Crippen MR) is 110 cm³/mol. The third-order valence-electron chi connectivity index (χ3n) is 4.39. The van der Waals surface area contributed by atoms with Gasteiger partial charge in [-0.3, -0.25) is 24.0 Å². The summed E-state index contributed by atoms with van der Waals surface area (Å²) in [5.74, 6) is -6.00. The first-order valence-electron chi connectivity index (χ1n) is 9.77. The van der Waals surface area contributed by atoms with Gasteiger partial charge in [-0.05, 0) is 13.3 Å². The number of rotatable bonds is 14. The highest BCUT2D eigenvalue weighted by atomic mass is 16.4. The predicted octanol–water partition coefficient (Wildman–Crippen LogP) is -3.42. The molecule has 4 amide bonds. The lowest BCUT2D eigenvalue weighted by Gasteiger charge is -2.23. The normalized spacial score (nSPS) is 14.2. The van der Waals surface area contributed by atoms with Crippen LogP contribution < -0.4 is 27.4 Å². The van der Waals surface area contributed by atoms with Crippen molar-refractivity contribution in [3.63, 3.8) is 0 Å². The van der Waals surface area contributed by atoms with Crippen molar-refractivity contribution in [2.45, 2.75) is 56.8 Å². The number of hydrogen-bond donors (Lipinski definition) is 8. The van der Waals surface area contributed by atoms with Gasteiger partial charge in [0.1, 0.15) is 18.1 Å². The van der Waals surface area contributed by atoms with Crippen molar-refractivity contribution in [2.24, 2.45) is 11.5 Å². The number of carbonyl (C=O) groups excluding carboxylic acids is 4. The first kappa shape index (κ1) is 27.0. The van der Waals surface area contributed by atoms with Gasteiger partial charge in [0, 0.05) is 24.7 Å². The smallest absolute Gasteiger partial charge is 0.326 e. The van der Waals surface area contributed by atoms with Crippen LogP contribution in [0.5, 0.6) is 0 Å². The maximum Gasteiger partial charge on any atom is 0.326 e. The average Bonchev–Trinajstić information content (AvgIpc) is 3.22. The van der Waals surface area contributed by atoms with E-state index in [9.17, 15) is 33.9 Å². The molecular weight excluding hydrogens is 442 g/mol. The highest BCUT2D eigenvalue weighted by molar-refractivity contribution is 5.94. The van der Waals surface area contributed by atoms with Gasteiger partial charge in [-0.25, -0.2) is 9.78 Å². The zero-order valence-corrected chi connectivity index (χ0v) is 17.7. The fraction of sp³-hybridized carbons (Fsp3) is 0.500. The zero-order valence-electron chi connectivity index (χ0n) is 17.7. The van der Waals surface area contributed by atoms with Crippen LogP contribution in [0.1, 0.15) is 31.9 Å². The molecule has 1 rings (SSSR count). The highest BCUT2D eigenvalue weighted by Gasteiger charge is 2.29. The van der Waals surface area contributed by atoms with Crippen molar-refractivity contribution in [1.82, 2.24) is 25.9 Å². The Kier molecular flexibility index (Phi) is 10.4. The molecule has 4 unspecified atom stereocenters. The van der Waals surface area contributed by atoms with E-state index < -0.39 is 66.2 Å². The Hall–Kier alpha value is -4.01. The van der Waals surface area contributed by atoms with Crippen LogP contribution in [0.2, 0.25) is 0 Å². The van der Waals surface area contributed by atoms with E-state index in [1.165, 1.54) is 19.4 Å². The first-order chi connectivity index (χ1) is 15.4.